The van der Waals surface area contributed by atoms with E-state index in [-0.39, 0.29) is 34.9 Å². The molecule has 0 radical (unpaired) electrons. The van der Waals surface area contributed by atoms with Gasteiger partial charge in [-0.25, -0.2) is 0 Å². The Morgan fingerprint density at radius 2 is 2.11 bits per heavy atom. The number of Topliss-reactive ketones (excluding diaryl/α,β-unsaturated/α-hetero) is 1. The van der Waals surface area contributed by atoms with Crippen molar-refractivity contribution in [1.29, 1.82) is 0 Å². The fraction of sp³-hybridized carbons (Fsp3) is 0.231. The number of carbonyl (C=O) groups excluding carboxylic acids is 1. The van der Waals surface area contributed by atoms with E-state index in [1.807, 2.05) is 0 Å². The number of phenolic OH excluding ortho intramolecular Hbond substituents is 1. The summed E-state index contributed by atoms with van der Waals surface area (Å²) >= 11 is 0. The standard InChI is InChI=1S/C13H12O5/c1-7(14)3-8-4-9(15)5-11-13(8)10(16)6-12(17-2)18-11/h4-6,15H,3H2,1-2H3. The molecule has 1 aromatic carbocycles. The van der Waals surface area contributed by atoms with Crippen molar-refractivity contribution in [1.82, 2.24) is 0 Å². The van der Waals surface area contributed by atoms with E-state index in [1.165, 1.54) is 32.2 Å². The number of ether oxygens (including phenoxy) is 1. The maximum absolute atomic E-state index is 11.9. The molecule has 0 aliphatic rings. The van der Waals surface area contributed by atoms with E-state index in [2.05, 4.69) is 0 Å². The van der Waals surface area contributed by atoms with Crippen molar-refractivity contribution < 1.29 is 19.1 Å². The predicted molar refractivity (Wildman–Crippen MR) is 65.1 cm³/mol. The van der Waals surface area contributed by atoms with Gasteiger partial charge in [0.15, 0.2) is 5.43 Å². The first-order valence-electron chi connectivity index (χ1n) is 5.34. The highest BCUT2D eigenvalue weighted by atomic mass is 16.6. The fourth-order valence-corrected chi connectivity index (χ4v) is 1.84. The molecule has 0 aliphatic carbocycles. The van der Waals surface area contributed by atoms with Crippen molar-refractivity contribution in [2.45, 2.75) is 13.3 Å². The number of benzene rings is 1. The molecule has 0 fully saturated rings. The van der Waals surface area contributed by atoms with Crippen LogP contribution in [0.3, 0.4) is 0 Å². The molecule has 2 rings (SSSR count). The summed E-state index contributed by atoms with van der Waals surface area (Å²) < 4.78 is 10.2. The fourth-order valence-electron chi connectivity index (χ4n) is 1.84. The lowest BCUT2D eigenvalue weighted by Gasteiger charge is -2.06. The molecule has 18 heavy (non-hydrogen) atoms. The summed E-state index contributed by atoms with van der Waals surface area (Å²) in [5, 5.41) is 9.86. The third-order valence-corrected chi connectivity index (χ3v) is 2.52. The molecule has 0 saturated heterocycles. The first-order chi connectivity index (χ1) is 8.51. The van der Waals surface area contributed by atoms with E-state index >= 15 is 0 Å². The highest BCUT2D eigenvalue weighted by Crippen LogP contribution is 2.25. The molecule has 0 saturated carbocycles. The average molecular weight is 248 g/mol. The highest BCUT2D eigenvalue weighted by molar-refractivity contribution is 5.88. The summed E-state index contributed by atoms with van der Waals surface area (Å²) in [6, 6.07) is 3.93. The lowest BCUT2D eigenvalue weighted by Crippen LogP contribution is -2.06. The van der Waals surface area contributed by atoms with E-state index in [0.717, 1.165) is 0 Å². The van der Waals surface area contributed by atoms with Crippen LogP contribution in [0.2, 0.25) is 0 Å². The first-order valence-corrected chi connectivity index (χ1v) is 5.34. The molecular formula is C13H12O5. The highest BCUT2D eigenvalue weighted by Gasteiger charge is 2.12. The third kappa shape index (κ3) is 2.20. The lowest BCUT2D eigenvalue weighted by atomic mass is 10.0. The molecule has 5 nitrogen and oxygen atoms in total. The van der Waals surface area contributed by atoms with Gasteiger partial charge in [0.1, 0.15) is 17.1 Å². The normalized spacial score (nSPS) is 10.6. The lowest BCUT2D eigenvalue weighted by molar-refractivity contribution is -0.116. The molecule has 0 atom stereocenters. The van der Waals surface area contributed by atoms with Crippen LogP contribution >= 0.6 is 0 Å². The van der Waals surface area contributed by atoms with Crippen molar-refractivity contribution >= 4 is 16.8 Å². The predicted octanol–water partition coefficient (Wildman–Crippen LogP) is 1.64. The molecule has 0 bridgehead atoms. The van der Waals surface area contributed by atoms with Crippen LogP contribution in [0.4, 0.5) is 0 Å². The Labute approximate surface area is 103 Å². The van der Waals surface area contributed by atoms with Gasteiger partial charge in [-0.15, -0.1) is 0 Å². The molecule has 1 N–H and O–H groups in total. The number of phenols is 1. The number of hydrogen-bond acceptors (Lipinski definition) is 5. The van der Waals surface area contributed by atoms with Crippen LogP contribution in [0, 0.1) is 0 Å². The van der Waals surface area contributed by atoms with Gasteiger partial charge in [0.2, 0.25) is 0 Å². The van der Waals surface area contributed by atoms with Gasteiger partial charge >= 0.3 is 0 Å². The largest absolute Gasteiger partial charge is 0.508 e. The van der Waals surface area contributed by atoms with Gasteiger partial charge < -0.3 is 14.3 Å². The van der Waals surface area contributed by atoms with Gasteiger partial charge in [0.25, 0.3) is 5.95 Å². The zero-order valence-corrected chi connectivity index (χ0v) is 10.0. The number of hydrogen-bond donors (Lipinski definition) is 1. The zero-order chi connectivity index (χ0) is 13.3. The zero-order valence-electron chi connectivity index (χ0n) is 10.0. The monoisotopic (exact) mass is 248 g/mol. The maximum atomic E-state index is 11.9. The molecule has 94 valence electrons. The van der Waals surface area contributed by atoms with Gasteiger partial charge in [-0.3, -0.25) is 9.59 Å². The Kier molecular flexibility index (Phi) is 3.06. The second-order valence-corrected chi connectivity index (χ2v) is 3.99. The number of carbonyl (C=O) groups is 1. The van der Waals surface area contributed by atoms with E-state index in [4.69, 9.17) is 9.15 Å². The van der Waals surface area contributed by atoms with Gasteiger partial charge in [0.05, 0.1) is 18.6 Å². The van der Waals surface area contributed by atoms with Crippen LogP contribution in [0.25, 0.3) is 11.0 Å². The van der Waals surface area contributed by atoms with Crippen LogP contribution in [-0.4, -0.2) is 18.0 Å². The van der Waals surface area contributed by atoms with E-state index in [1.54, 1.807) is 0 Å². The molecule has 0 aliphatic heterocycles. The number of ketones is 1. The van der Waals surface area contributed by atoms with Gasteiger partial charge in [-0.05, 0) is 18.6 Å². The van der Waals surface area contributed by atoms with Gasteiger partial charge in [0, 0.05) is 12.5 Å². The maximum Gasteiger partial charge on any atom is 0.288 e. The minimum Gasteiger partial charge on any atom is -0.508 e. The second kappa shape index (κ2) is 4.52. The Bertz CT molecular complexity index is 669. The van der Waals surface area contributed by atoms with Crippen molar-refractivity contribution in [3.63, 3.8) is 0 Å². The first kappa shape index (κ1) is 12.2. The topological polar surface area (TPSA) is 76.7 Å². The summed E-state index contributed by atoms with van der Waals surface area (Å²) in [6.07, 6.45) is 0.0714. The summed E-state index contributed by atoms with van der Waals surface area (Å²) in [5.41, 5.74) is 0.355. The van der Waals surface area contributed by atoms with Crippen LogP contribution in [0.15, 0.2) is 27.4 Å². The third-order valence-electron chi connectivity index (χ3n) is 2.52. The molecule has 2 aromatic rings. The molecule has 1 heterocycles. The van der Waals surface area contributed by atoms with Crippen LogP contribution in [-0.2, 0) is 11.2 Å². The van der Waals surface area contributed by atoms with Crippen molar-refractivity contribution in [2.75, 3.05) is 7.11 Å². The summed E-state index contributed by atoms with van der Waals surface area (Å²) in [4.78, 5) is 23.1. The second-order valence-electron chi connectivity index (χ2n) is 3.99. The number of fused-ring (bicyclic) bond motifs is 1. The number of methoxy groups -OCH3 is 1. The minimum atomic E-state index is -0.302. The molecule has 5 heteroatoms. The minimum absolute atomic E-state index is 0.0600. The Morgan fingerprint density at radius 1 is 1.39 bits per heavy atom. The van der Waals surface area contributed by atoms with E-state index < -0.39 is 0 Å². The molecule has 1 aromatic heterocycles. The molecule has 0 unspecified atom stereocenters. The summed E-state index contributed by atoms with van der Waals surface area (Å²) in [5.74, 6) is -0.0980. The summed E-state index contributed by atoms with van der Waals surface area (Å²) in [6.45, 7) is 1.42. The Hall–Kier alpha value is -2.30. The smallest absolute Gasteiger partial charge is 0.288 e. The molecule has 0 spiro atoms. The van der Waals surface area contributed by atoms with Gasteiger partial charge in [-0.2, -0.15) is 0 Å². The quantitative estimate of drug-likeness (QED) is 0.893. The van der Waals surface area contributed by atoms with Crippen molar-refractivity contribution in [3.05, 3.63) is 34.0 Å². The Morgan fingerprint density at radius 3 is 2.72 bits per heavy atom. The van der Waals surface area contributed by atoms with Crippen LogP contribution in [0.1, 0.15) is 12.5 Å². The molecular weight excluding hydrogens is 236 g/mol. The van der Waals surface area contributed by atoms with Gasteiger partial charge in [-0.1, -0.05) is 0 Å². The van der Waals surface area contributed by atoms with Crippen molar-refractivity contribution in [3.8, 4) is 11.7 Å². The summed E-state index contributed by atoms with van der Waals surface area (Å²) in [7, 11) is 1.38. The SMILES string of the molecule is COc1cc(=O)c2c(CC(C)=O)cc(O)cc2o1. The van der Waals surface area contributed by atoms with Crippen LogP contribution in [0.5, 0.6) is 11.7 Å². The van der Waals surface area contributed by atoms with Crippen LogP contribution < -0.4 is 10.2 Å². The van der Waals surface area contributed by atoms with Crippen molar-refractivity contribution in [2.24, 2.45) is 0 Å². The Balaban J connectivity index is 2.78. The van der Waals surface area contributed by atoms with E-state index in [0.29, 0.717) is 10.9 Å². The number of aromatic hydroxyl groups is 1. The average Bonchev–Trinajstić information content (AvgIpc) is 2.26. The number of rotatable bonds is 3. The van der Waals surface area contributed by atoms with E-state index in [9.17, 15) is 14.7 Å². The molecule has 0 amide bonds.